The molecule has 0 bridgehead atoms. The fourth-order valence-corrected chi connectivity index (χ4v) is 4.82. The highest BCUT2D eigenvalue weighted by Crippen LogP contribution is 2.40. The predicted molar refractivity (Wildman–Crippen MR) is 131 cm³/mol. The normalized spacial score (nSPS) is 19.5. The molecule has 0 saturated carbocycles. The van der Waals surface area contributed by atoms with Crippen molar-refractivity contribution in [1.82, 2.24) is 4.90 Å². The van der Waals surface area contributed by atoms with E-state index in [0.29, 0.717) is 30.1 Å². The number of aliphatic hydroxyl groups excluding tert-OH is 1. The van der Waals surface area contributed by atoms with Gasteiger partial charge in [0.2, 0.25) is 0 Å². The Balaban J connectivity index is 1.79. The van der Waals surface area contributed by atoms with Gasteiger partial charge >= 0.3 is 0 Å². The predicted octanol–water partition coefficient (Wildman–Crippen LogP) is 4.81. The van der Waals surface area contributed by atoms with E-state index < -0.39 is 17.7 Å². The van der Waals surface area contributed by atoms with E-state index >= 15 is 0 Å². The Morgan fingerprint density at radius 3 is 2.59 bits per heavy atom. The number of benzene rings is 2. The lowest BCUT2D eigenvalue weighted by atomic mass is 9.88. The summed E-state index contributed by atoms with van der Waals surface area (Å²) < 4.78 is 11.3. The number of hydrogen-bond donors (Lipinski definition) is 1. The molecule has 0 radical (unpaired) electrons. The van der Waals surface area contributed by atoms with E-state index in [1.54, 1.807) is 0 Å². The lowest BCUT2D eigenvalue weighted by Crippen LogP contribution is -2.33. The number of Topliss-reactive ketones (excluding diaryl/α,β-unsaturated/α-hetero) is 1. The third-order valence-electron chi connectivity index (χ3n) is 6.43. The van der Waals surface area contributed by atoms with E-state index in [4.69, 9.17) is 9.47 Å². The number of hydrogen-bond acceptors (Lipinski definition) is 5. The monoisotopic (exact) mass is 463 g/mol. The van der Waals surface area contributed by atoms with Crippen LogP contribution >= 0.6 is 0 Å². The van der Waals surface area contributed by atoms with Crippen LogP contribution in [0.2, 0.25) is 0 Å². The van der Waals surface area contributed by atoms with E-state index in [-0.39, 0.29) is 24.0 Å². The molecule has 1 N–H and O–H groups in total. The van der Waals surface area contributed by atoms with Crippen LogP contribution in [-0.2, 0) is 27.2 Å². The van der Waals surface area contributed by atoms with Crippen LogP contribution < -0.4 is 4.74 Å². The molecule has 0 spiro atoms. The zero-order valence-electron chi connectivity index (χ0n) is 20.2. The average Bonchev–Trinajstić information content (AvgIpc) is 3.08. The molecule has 1 aliphatic heterocycles. The second kappa shape index (κ2) is 10.4. The summed E-state index contributed by atoms with van der Waals surface area (Å²) in [6, 6.07) is 12.5. The van der Waals surface area contributed by atoms with E-state index in [1.165, 1.54) is 16.0 Å². The summed E-state index contributed by atoms with van der Waals surface area (Å²) in [7, 11) is 0. The van der Waals surface area contributed by atoms with Crippen LogP contribution in [0.4, 0.5) is 0 Å². The quantitative estimate of drug-likeness (QED) is 0.345. The highest BCUT2D eigenvalue weighted by Gasteiger charge is 2.46. The van der Waals surface area contributed by atoms with E-state index in [9.17, 15) is 14.7 Å². The molecule has 0 aromatic heterocycles. The number of rotatable bonds is 8. The Morgan fingerprint density at radius 2 is 1.85 bits per heavy atom. The van der Waals surface area contributed by atoms with Crippen LogP contribution in [0.5, 0.6) is 5.75 Å². The summed E-state index contributed by atoms with van der Waals surface area (Å²) in [5.41, 5.74) is 3.89. The highest BCUT2D eigenvalue weighted by atomic mass is 16.5. The number of aliphatic hydroxyl groups is 1. The molecule has 1 heterocycles. The minimum absolute atomic E-state index is 0.00653. The van der Waals surface area contributed by atoms with Gasteiger partial charge in [-0.3, -0.25) is 9.59 Å². The maximum Gasteiger partial charge on any atom is 0.295 e. The molecule has 4 rings (SSSR count). The number of nitrogens with zero attached hydrogens (tertiary/aromatic N) is 1. The standard InChI is InChI=1S/C28H33NO5/c1-4-33-23-11-7-10-21(17-23)25-24(27(31)28(32)29(25)14-15-34-18(2)3)26(30)22-13-12-19-8-5-6-9-20(19)16-22/h7,10-13,16-18,25,30H,4-6,8-9,14-15H2,1-3H3/b26-24-. The van der Waals surface area contributed by atoms with Crippen molar-refractivity contribution in [3.05, 3.63) is 70.3 Å². The lowest BCUT2D eigenvalue weighted by molar-refractivity contribution is -0.140. The minimum Gasteiger partial charge on any atom is -0.507 e. The van der Waals surface area contributed by atoms with Gasteiger partial charge in [0.05, 0.1) is 30.9 Å². The average molecular weight is 464 g/mol. The van der Waals surface area contributed by atoms with Crippen molar-refractivity contribution in [2.75, 3.05) is 19.8 Å². The van der Waals surface area contributed by atoms with Crippen molar-refractivity contribution in [1.29, 1.82) is 0 Å². The highest BCUT2D eigenvalue weighted by molar-refractivity contribution is 6.46. The van der Waals surface area contributed by atoms with Crippen molar-refractivity contribution < 1.29 is 24.2 Å². The maximum absolute atomic E-state index is 13.2. The van der Waals surface area contributed by atoms with Gasteiger partial charge in [0.15, 0.2) is 0 Å². The lowest BCUT2D eigenvalue weighted by Gasteiger charge is -2.26. The Hall–Kier alpha value is -3.12. The number of carbonyl (C=O) groups excluding carboxylic acids is 2. The van der Waals surface area contributed by atoms with E-state index in [1.807, 2.05) is 63.2 Å². The van der Waals surface area contributed by atoms with Crippen molar-refractivity contribution in [3.8, 4) is 5.75 Å². The molecular formula is C28H33NO5. The molecule has 6 heteroatoms. The Kier molecular flexibility index (Phi) is 7.37. The first-order valence-electron chi connectivity index (χ1n) is 12.2. The van der Waals surface area contributed by atoms with Crippen molar-refractivity contribution in [3.63, 3.8) is 0 Å². The van der Waals surface area contributed by atoms with Gasteiger partial charge in [0.1, 0.15) is 11.5 Å². The molecule has 1 aliphatic carbocycles. The van der Waals surface area contributed by atoms with Crippen LogP contribution in [0.1, 0.15) is 61.9 Å². The third kappa shape index (κ3) is 4.87. The molecule has 2 aliphatic rings. The Morgan fingerprint density at radius 1 is 1.09 bits per heavy atom. The van der Waals surface area contributed by atoms with Crippen LogP contribution in [0.3, 0.4) is 0 Å². The summed E-state index contributed by atoms with van der Waals surface area (Å²) >= 11 is 0. The number of likely N-dealkylation sites (tertiary alicyclic amines) is 1. The molecule has 1 unspecified atom stereocenters. The number of carbonyl (C=O) groups is 2. The van der Waals surface area contributed by atoms with E-state index in [2.05, 4.69) is 0 Å². The van der Waals surface area contributed by atoms with Crippen LogP contribution in [0.25, 0.3) is 5.76 Å². The molecule has 1 atom stereocenters. The van der Waals surface area contributed by atoms with Gasteiger partial charge in [-0.1, -0.05) is 24.3 Å². The topological polar surface area (TPSA) is 76.1 Å². The molecule has 180 valence electrons. The van der Waals surface area contributed by atoms with Gasteiger partial charge < -0.3 is 19.5 Å². The summed E-state index contributed by atoms with van der Waals surface area (Å²) in [6.07, 6.45) is 4.27. The first kappa shape index (κ1) is 24.0. The Labute approximate surface area is 201 Å². The molecule has 6 nitrogen and oxygen atoms in total. The molecular weight excluding hydrogens is 430 g/mol. The number of ether oxygens (including phenoxy) is 2. The SMILES string of the molecule is CCOc1cccc(C2/C(=C(/O)c3ccc4c(c3)CCCC4)C(=O)C(=O)N2CCOC(C)C)c1. The van der Waals surface area contributed by atoms with Gasteiger partial charge in [-0.25, -0.2) is 0 Å². The first-order valence-corrected chi connectivity index (χ1v) is 12.2. The van der Waals surface area contributed by atoms with Gasteiger partial charge in [-0.2, -0.15) is 0 Å². The summed E-state index contributed by atoms with van der Waals surface area (Å²) in [5.74, 6) is -0.783. The van der Waals surface area contributed by atoms with Gasteiger partial charge in [0.25, 0.3) is 11.7 Å². The van der Waals surface area contributed by atoms with Gasteiger partial charge in [-0.15, -0.1) is 0 Å². The Bertz CT molecular complexity index is 1100. The fourth-order valence-electron chi connectivity index (χ4n) is 4.82. The third-order valence-corrected chi connectivity index (χ3v) is 6.43. The number of ketones is 1. The molecule has 34 heavy (non-hydrogen) atoms. The largest absolute Gasteiger partial charge is 0.507 e. The summed E-state index contributed by atoms with van der Waals surface area (Å²) in [4.78, 5) is 27.8. The fraction of sp³-hybridized carbons (Fsp3) is 0.429. The van der Waals surface area contributed by atoms with Crippen LogP contribution in [0, 0.1) is 0 Å². The van der Waals surface area contributed by atoms with Crippen molar-refractivity contribution >= 4 is 17.4 Å². The minimum atomic E-state index is -0.716. The first-order chi connectivity index (χ1) is 16.4. The molecule has 2 aromatic carbocycles. The molecule has 1 amide bonds. The molecule has 1 fully saturated rings. The van der Waals surface area contributed by atoms with Crippen molar-refractivity contribution in [2.45, 2.75) is 58.6 Å². The van der Waals surface area contributed by atoms with Gasteiger partial charge in [-0.05, 0) is 81.3 Å². The smallest absolute Gasteiger partial charge is 0.295 e. The maximum atomic E-state index is 13.2. The molecule has 2 aromatic rings. The van der Waals surface area contributed by atoms with Crippen LogP contribution in [0.15, 0.2) is 48.0 Å². The van der Waals surface area contributed by atoms with Crippen molar-refractivity contribution in [2.24, 2.45) is 0 Å². The number of amides is 1. The van der Waals surface area contributed by atoms with E-state index in [0.717, 1.165) is 25.7 Å². The zero-order valence-corrected chi connectivity index (χ0v) is 20.2. The zero-order chi connectivity index (χ0) is 24.2. The summed E-state index contributed by atoms with van der Waals surface area (Å²) in [6.45, 7) is 6.79. The molecule has 1 saturated heterocycles. The second-order valence-electron chi connectivity index (χ2n) is 9.11. The number of aryl methyl sites for hydroxylation is 2. The van der Waals surface area contributed by atoms with Crippen LogP contribution in [-0.4, -0.2) is 47.6 Å². The van der Waals surface area contributed by atoms with Gasteiger partial charge in [0, 0.05) is 12.1 Å². The number of fused-ring (bicyclic) bond motifs is 1. The summed E-state index contributed by atoms with van der Waals surface area (Å²) in [5, 5.41) is 11.4. The second-order valence-corrected chi connectivity index (χ2v) is 9.11.